The van der Waals surface area contributed by atoms with E-state index in [1.807, 2.05) is 26.2 Å². The first-order valence-electron chi connectivity index (χ1n) is 6.95. The van der Waals surface area contributed by atoms with E-state index >= 15 is 0 Å². The number of rotatable bonds is 4. The third-order valence-corrected chi connectivity index (χ3v) is 4.83. The molecular formula is C14H21N3O2S. The van der Waals surface area contributed by atoms with E-state index in [9.17, 15) is 9.59 Å². The quantitative estimate of drug-likeness (QED) is 0.922. The lowest BCUT2D eigenvalue weighted by Crippen LogP contribution is -2.68. The monoisotopic (exact) mass is 295 g/mol. The van der Waals surface area contributed by atoms with Crippen LogP contribution in [0.1, 0.15) is 44.3 Å². The molecule has 1 fully saturated rings. The number of carbonyl (C=O) groups is 2. The van der Waals surface area contributed by atoms with E-state index in [1.54, 1.807) is 11.8 Å². The maximum atomic E-state index is 12.7. The molecule has 0 spiro atoms. The highest BCUT2D eigenvalue weighted by Gasteiger charge is 2.46. The number of hydrogen-bond donors (Lipinski definition) is 1. The van der Waals surface area contributed by atoms with Gasteiger partial charge < -0.3 is 10.2 Å². The SMILES string of the molecule is CCC1C(=O)NC(C)(CC)C(=O)N1Cc1nc(C)cs1. The van der Waals surface area contributed by atoms with Crippen LogP contribution in [0.5, 0.6) is 0 Å². The summed E-state index contributed by atoms with van der Waals surface area (Å²) in [6.45, 7) is 7.97. The van der Waals surface area contributed by atoms with Crippen molar-refractivity contribution in [3.8, 4) is 0 Å². The second-order valence-corrected chi connectivity index (χ2v) is 6.36. The van der Waals surface area contributed by atoms with Gasteiger partial charge in [0.1, 0.15) is 16.6 Å². The first kappa shape index (κ1) is 15.0. The number of aromatic nitrogens is 1. The minimum absolute atomic E-state index is 0.0145. The molecule has 110 valence electrons. The van der Waals surface area contributed by atoms with Crippen LogP contribution in [-0.2, 0) is 16.1 Å². The van der Waals surface area contributed by atoms with Gasteiger partial charge in [-0.1, -0.05) is 13.8 Å². The Morgan fingerprint density at radius 3 is 2.65 bits per heavy atom. The smallest absolute Gasteiger partial charge is 0.249 e. The molecule has 2 rings (SSSR count). The van der Waals surface area contributed by atoms with Gasteiger partial charge in [-0.2, -0.15) is 0 Å². The molecule has 0 bridgehead atoms. The Hall–Kier alpha value is -1.43. The molecule has 5 nitrogen and oxygen atoms in total. The molecule has 1 aliphatic rings. The van der Waals surface area contributed by atoms with Crippen molar-refractivity contribution in [3.05, 3.63) is 16.1 Å². The predicted molar refractivity (Wildman–Crippen MR) is 78.3 cm³/mol. The van der Waals surface area contributed by atoms with E-state index in [0.717, 1.165) is 10.7 Å². The molecule has 20 heavy (non-hydrogen) atoms. The Balaban J connectivity index is 2.29. The van der Waals surface area contributed by atoms with Gasteiger partial charge >= 0.3 is 0 Å². The van der Waals surface area contributed by atoms with Crippen LogP contribution in [0, 0.1) is 6.92 Å². The summed E-state index contributed by atoms with van der Waals surface area (Å²) in [6, 6.07) is -0.397. The normalized spacial score (nSPS) is 26.8. The van der Waals surface area contributed by atoms with E-state index in [4.69, 9.17) is 0 Å². The number of thiazole rings is 1. The Kier molecular flexibility index (Phi) is 4.13. The van der Waals surface area contributed by atoms with Gasteiger partial charge in [-0.3, -0.25) is 9.59 Å². The van der Waals surface area contributed by atoms with Gasteiger partial charge in [-0.25, -0.2) is 4.98 Å². The van der Waals surface area contributed by atoms with Crippen LogP contribution in [0.3, 0.4) is 0 Å². The molecule has 2 amide bonds. The minimum atomic E-state index is -0.797. The lowest BCUT2D eigenvalue weighted by Gasteiger charge is -2.43. The van der Waals surface area contributed by atoms with Crippen molar-refractivity contribution < 1.29 is 9.59 Å². The average molecular weight is 295 g/mol. The van der Waals surface area contributed by atoms with Crippen LogP contribution in [0.15, 0.2) is 5.38 Å². The molecule has 6 heteroatoms. The molecule has 0 aromatic carbocycles. The third kappa shape index (κ3) is 2.57. The summed E-state index contributed by atoms with van der Waals surface area (Å²) in [5.74, 6) is -0.0796. The molecule has 1 aromatic rings. The van der Waals surface area contributed by atoms with Gasteiger partial charge in [0.25, 0.3) is 0 Å². The second kappa shape index (κ2) is 5.52. The van der Waals surface area contributed by atoms with E-state index in [1.165, 1.54) is 11.3 Å². The van der Waals surface area contributed by atoms with Crippen LogP contribution in [0.25, 0.3) is 0 Å². The number of piperazine rings is 1. The highest BCUT2D eigenvalue weighted by atomic mass is 32.1. The van der Waals surface area contributed by atoms with Crippen molar-refractivity contribution in [1.29, 1.82) is 0 Å². The summed E-state index contributed by atoms with van der Waals surface area (Å²) in [5, 5.41) is 5.71. The Labute approximate surface area is 123 Å². The highest BCUT2D eigenvalue weighted by molar-refractivity contribution is 7.09. The van der Waals surface area contributed by atoms with Crippen molar-refractivity contribution in [2.75, 3.05) is 0 Å². The van der Waals surface area contributed by atoms with Gasteiger partial charge in [-0.15, -0.1) is 11.3 Å². The first-order chi connectivity index (χ1) is 9.41. The summed E-state index contributed by atoms with van der Waals surface area (Å²) >= 11 is 1.53. The van der Waals surface area contributed by atoms with Crippen LogP contribution >= 0.6 is 11.3 Å². The van der Waals surface area contributed by atoms with Crippen molar-refractivity contribution in [2.45, 2.75) is 58.7 Å². The van der Waals surface area contributed by atoms with Crippen LogP contribution < -0.4 is 5.32 Å². The van der Waals surface area contributed by atoms with Crippen LogP contribution in [-0.4, -0.2) is 33.3 Å². The maximum Gasteiger partial charge on any atom is 0.249 e. The molecule has 2 unspecified atom stereocenters. The fourth-order valence-electron chi connectivity index (χ4n) is 2.46. The zero-order valence-electron chi connectivity index (χ0n) is 12.4. The molecule has 0 saturated carbocycles. The van der Waals surface area contributed by atoms with Crippen LogP contribution in [0.4, 0.5) is 0 Å². The number of aryl methyl sites for hydroxylation is 1. The summed E-state index contributed by atoms with van der Waals surface area (Å²) in [6.07, 6.45) is 1.20. The molecule has 0 radical (unpaired) electrons. The topological polar surface area (TPSA) is 62.3 Å². The lowest BCUT2D eigenvalue weighted by molar-refractivity contribution is -0.155. The van der Waals surface area contributed by atoms with E-state index < -0.39 is 11.6 Å². The average Bonchev–Trinajstić information content (AvgIpc) is 2.81. The molecule has 1 aromatic heterocycles. The fourth-order valence-corrected chi connectivity index (χ4v) is 3.23. The Morgan fingerprint density at radius 2 is 2.15 bits per heavy atom. The molecular weight excluding hydrogens is 274 g/mol. The number of hydrogen-bond acceptors (Lipinski definition) is 4. The molecule has 2 atom stereocenters. The standard InChI is InChI=1S/C14H21N3O2S/c1-5-10-12(18)16-14(4,6-2)13(19)17(10)7-11-15-9(3)8-20-11/h8,10H,5-7H2,1-4H3,(H,16,18). The highest BCUT2D eigenvalue weighted by Crippen LogP contribution is 2.25. The van der Waals surface area contributed by atoms with Crippen molar-refractivity contribution in [3.63, 3.8) is 0 Å². The maximum absolute atomic E-state index is 12.7. The fraction of sp³-hybridized carbons (Fsp3) is 0.643. The number of carbonyl (C=O) groups excluding carboxylic acids is 2. The first-order valence-corrected chi connectivity index (χ1v) is 7.83. The molecule has 2 heterocycles. The van der Waals surface area contributed by atoms with E-state index in [-0.39, 0.29) is 11.8 Å². The number of nitrogens with zero attached hydrogens (tertiary/aromatic N) is 2. The zero-order valence-corrected chi connectivity index (χ0v) is 13.2. The van der Waals surface area contributed by atoms with Gasteiger partial charge in [0.2, 0.25) is 11.8 Å². The van der Waals surface area contributed by atoms with Gasteiger partial charge in [0.05, 0.1) is 6.54 Å². The van der Waals surface area contributed by atoms with Crippen molar-refractivity contribution in [2.24, 2.45) is 0 Å². The van der Waals surface area contributed by atoms with Crippen LogP contribution in [0.2, 0.25) is 0 Å². The van der Waals surface area contributed by atoms with E-state index in [2.05, 4.69) is 10.3 Å². The summed E-state index contributed by atoms with van der Waals surface area (Å²) in [7, 11) is 0. The summed E-state index contributed by atoms with van der Waals surface area (Å²) < 4.78 is 0. The summed E-state index contributed by atoms with van der Waals surface area (Å²) in [4.78, 5) is 31.0. The largest absolute Gasteiger partial charge is 0.340 e. The molecule has 1 aliphatic heterocycles. The second-order valence-electron chi connectivity index (χ2n) is 5.41. The van der Waals surface area contributed by atoms with Gasteiger partial charge in [-0.05, 0) is 26.7 Å². The summed E-state index contributed by atoms with van der Waals surface area (Å²) in [5.41, 5.74) is 0.153. The van der Waals surface area contributed by atoms with Crippen molar-refractivity contribution >= 4 is 23.2 Å². The number of nitrogens with one attached hydrogen (secondary N) is 1. The predicted octanol–water partition coefficient (Wildman–Crippen LogP) is 1.86. The van der Waals surface area contributed by atoms with Crippen molar-refractivity contribution in [1.82, 2.24) is 15.2 Å². The molecule has 1 saturated heterocycles. The zero-order chi connectivity index (χ0) is 14.9. The van der Waals surface area contributed by atoms with Gasteiger partial charge in [0.15, 0.2) is 0 Å². The lowest BCUT2D eigenvalue weighted by atomic mass is 9.91. The third-order valence-electron chi connectivity index (χ3n) is 3.88. The Bertz CT molecular complexity index is 528. The van der Waals surface area contributed by atoms with Gasteiger partial charge in [0, 0.05) is 11.1 Å². The van der Waals surface area contributed by atoms with E-state index in [0.29, 0.717) is 19.4 Å². The molecule has 0 aliphatic carbocycles. The molecule has 1 N–H and O–H groups in total. The minimum Gasteiger partial charge on any atom is -0.340 e. The number of amides is 2. The Morgan fingerprint density at radius 1 is 1.45 bits per heavy atom.